The Morgan fingerprint density at radius 3 is 2.26 bits per heavy atom. The van der Waals surface area contributed by atoms with Crippen molar-refractivity contribution in [1.82, 2.24) is 5.32 Å². The Hall–Kier alpha value is -2.67. The van der Waals surface area contributed by atoms with Gasteiger partial charge in [0.1, 0.15) is 22.5 Å². The molecule has 0 aromatic heterocycles. The molecule has 0 saturated heterocycles. The van der Waals surface area contributed by atoms with Gasteiger partial charge in [-0.25, -0.2) is 13.2 Å². The molecule has 144 valence electrons. The van der Waals surface area contributed by atoms with Crippen molar-refractivity contribution >= 4 is 21.7 Å². The van der Waals surface area contributed by atoms with Crippen molar-refractivity contribution in [1.29, 1.82) is 0 Å². The van der Waals surface area contributed by atoms with Crippen LogP contribution in [0.1, 0.15) is 27.9 Å². The highest BCUT2D eigenvalue weighted by Gasteiger charge is 2.24. The Bertz CT molecular complexity index is 876. The number of nitrogens with one attached hydrogen (secondary N) is 1. The molecule has 7 heteroatoms. The van der Waals surface area contributed by atoms with Gasteiger partial charge in [0, 0.05) is 11.8 Å². The van der Waals surface area contributed by atoms with Crippen molar-refractivity contribution in [3.63, 3.8) is 0 Å². The van der Waals surface area contributed by atoms with E-state index >= 15 is 0 Å². The predicted molar refractivity (Wildman–Crippen MR) is 103 cm³/mol. The third-order valence-electron chi connectivity index (χ3n) is 3.90. The fourth-order valence-electron chi connectivity index (χ4n) is 2.35. The minimum absolute atomic E-state index is 0.0513. The molecule has 0 aliphatic carbocycles. The van der Waals surface area contributed by atoms with E-state index in [0.29, 0.717) is 5.56 Å². The summed E-state index contributed by atoms with van der Waals surface area (Å²) in [5.74, 6) is -1.35. The first-order valence-electron chi connectivity index (χ1n) is 8.50. The summed E-state index contributed by atoms with van der Waals surface area (Å²) in [4.78, 5) is 24.8. The molecular weight excluding hydrogens is 366 g/mol. The first-order chi connectivity index (χ1) is 12.7. The molecule has 0 aliphatic rings. The van der Waals surface area contributed by atoms with Crippen molar-refractivity contribution < 1.29 is 22.7 Å². The minimum atomic E-state index is -3.28. The number of benzene rings is 2. The fourth-order valence-corrected chi connectivity index (χ4v) is 3.02. The summed E-state index contributed by atoms with van der Waals surface area (Å²) < 4.78 is 28.2. The number of amides is 1. The van der Waals surface area contributed by atoms with Crippen LogP contribution in [0.15, 0.2) is 54.6 Å². The number of carbonyl (C=O) groups is 2. The van der Waals surface area contributed by atoms with Gasteiger partial charge >= 0.3 is 5.97 Å². The van der Waals surface area contributed by atoms with Gasteiger partial charge in [-0.15, -0.1) is 0 Å². The van der Waals surface area contributed by atoms with E-state index in [1.165, 1.54) is 0 Å². The predicted octanol–water partition coefficient (Wildman–Crippen LogP) is 2.27. The third kappa shape index (κ3) is 7.22. The van der Waals surface area contributed by atoms with Crippen LogP contribution in [0.3, 0.4) is 0 Å². The van der Waals surface area contributed by atoms with E-state index in [4.69, 9.17) is 4.74 Å². The summed E-state index contributed by atoms with van der Waals surface area (Å²) in [5, 5.41) is 2.57. The molecule has 1 atom stereocenters. The number of carbonyl (C=O) groups excluding carboxylic acids is 2. The number of hydrogen-bond acceptors (Lipinski definition) is 5. The SMILES string of the molecule is Cc1ccc(COC(=O)C(CCS(C)(=O)=O)NC(=O)c2ccccc2)cc1. The van der Waals surface area contributed by atoms with Gasteiger partial charge < -0.3 is 10.1 Å². The van der Waals surface area contributed by atoms with E-state index < -0.39 is 27.8 Å². The third-order valence-corrected chi connectivity index (χ3v) is 4.88. The maximum Gasteiger partial charge on any atom is 0.329 e. The van der Waals surface area contributed by atoms with Gasteiger partial charge in [-0.3, -0.25) is 4.79 Å². The summed E-state index contributed by atoms with van der Waals surface area (Å²) in [6, 6.07) is 14.9. The molecule has 0 spiro atoms. The lowest BCUT2D eigenvalue weighted by atomic mass is 10.1. The topological polar surface area (TPSA) is 89.5 Å². The number of rotatable bonds is 8. The van der Waals surface area contributed by atoms with Gasteiger partial charge in [0.25, 0.3) is 5.91 Å². The van der Waals surface area contributed by atoms with Gasteiger partial charge in [-0.2, -0.15) is 0 Å². The lowest BCUT2D eigenvalue weighted by Crippen LogP contribution is -2.42. The summed E-state index contributed by atoms with van der Waals surface area (Å²) in [5.41, 5.74) is 2.28. The van der Waals surface area contributed by atoms with E-state index in [-0.39, 0.29) is 18.8 Å². The van der Waals surface area contributed by atoms with E-state index in [1.807, 2.05) is 31.2 Å². The van der Waals surface area contributed by atoms with Crippen LogP contribution in [0.5, 0.6) is 0 Å². The lowest BCUT2D eigenvalue weighted by molar-refractivity contribution is -0.147. The zero-order valence-corrected chi connectivity index (χ0v) is 16.2. The van der Waals surface area contributed by atoms with Crippen molar-refractivity contribution in [2.45, 2.75) is 26.0 Å². The van der Waals surface area contributed by atoms with Crippen LogP contribution in [-0.2, 0) is 26.0 Å². The molecule has 0 fully saturated rings. The number of aryl methyl sites for hydroxylation is 1. The lowest BCUT2D eigenvalue weighted by Gasteiger charge is -2.17. The highest BCUT2D eigenvalue weighted by molar-refractivity contribution is 7.90. The molecule has 2 rings (SSSR count). The molecule has 0 saturated carbocycles. The van der Waals surface area contributed by atoms with Gasteiger partial charge in [-0.05, 0) is 31.0 Å². The van der Waals surface area contributed by atoms with E-state index in [1.54, 1.807) is 30.3 Å². The van der Waals surface area contributed by atoms with E-state index in [2.05, 4.69) is 5.32 Å². The molecule has 6 nitrogen and oxygen atoms in total. The molecule has 0 heterocycles. The number of hydrogen-bond donors (Lipinski definition) is 1. The molecule has 0 radical (unpaired) electrons. The van der Waals surface area contributed by atoms with Gasteiger partial charge in [0.15, 0.2) is 0 Å². The summed E-state index contributed by atoms with van der Waals surface area (Å²) in [6.45, 7) is 2.01. The Balaban J connectivity index is 2.04. The number of sulfone groups is 1. The second-order valence-corrected chi connectivity index (χ2v) is 8.66. The largest absolute Gasteiger partial charge is 0.459 e. The molecule has 0 bridgehead atoms. The molecule has 1 amide bonds. The second kappa shape index (κ2) is 9.32. The number of ether oxygens (including phenoxy) is 1. The van der Waals surface area contributed by atoms with Crippen LogP contribution in [0.4, 0.5) is 0 Å². The van der Waals surface area contributed by atoms with Crippen LogP contribution in [-0.4, -0.2) is 38.3 Å². The normalized spacial score (nSPS) is 12.2. The average Bonchev–Trinajstić information content (AvgIpc) is 2.64. The van der Waals surface area contributed by atoms with Crippen LogP contribution in [0.25, 0.3) is 0 Å². The van der Waals surface area contributed by atoms with Crippen LogP contribution >= 0.6 is 0 Å². The molecule has 27 heavy (non-hydrogen) atoms. The monoisotopic (exact) mass is 389 g/mol. The zero-order chi connectivity index (χ0) is 19.9. The van der Waals surface area contributed by atoms with E-state index in [0.717, 1.165) is 17.4 Å². The van der Waals surface area contributed by atoms with Crippen LogP contribution < -0.4 is 5.32 Å². The summed E-state index contributed by atoms with van der Waals surface area (Å²) in [6.07, 6.45) is 1.03. The standard InChI is InChI=1S/C20H23NO5S/c1-15-8-10-16(11-9-15)14-26-20(23)18(12-13-27(2,24)25)21-19(22)17-6-4-3-5-7-17/h3-11,18H,12-14H2,1-2H3,(H,21,22). The minimum Gasteiger partial charge on any atom is -0.459 e. The Labute approximate surface area is 159 Å². The van der Waals surface area contributed by atoms with Crippen LogP contribution in [0.2, 0.25) is 0 Å². The van der Waals surface area contributed by atoms with Crippen molar-refractivity contribution in [3.05, 3.63) is 71.3 Å². The second-order valence-electron chi connectivity index (χ2n) is 6.40. The molecular formula is C20H23NO5S. The number of esters is 1. The first kappa shape index (κ1) is 20.6. The Morgan fingerprint density at radius 2 is 1.67 bits per heavy atom. The quantitative estimate of drug-likeness (QED) is 0.700. The Morgan fingerprint density at radius 1 is 1.04 bits per heavy atom. The van der Waals surface area contributed by atoms with Gasteiger partial charge in [0.05, 0.1) is 5.75 Å². The molecule has 1 unspecified atom stereocenters. The molecule has 1 N–H and O–H groups in total. The average molecular weight is 389 g/mol. The Kier molecular flexibility index (Phi) is 7.12. The maximum absolute atomic E-state index is 12.4. The summed E-state index contributed by atoms with van der Waals surface area (Å²) in [7, 11) is -3.28. The van der Waals surface area contributed by atoms with Crippen LogP contribution in [0, 0.1) is 6.92 Å². The highest BCUT2D eigenvalue weighted by Crippen LogP contribution is 2.08. The molecule has 2 aromatic rings. The van der Waals surface area contributed by atoms with Crippen molar-refractivity contribution in [3.8, 4) is 0 Å². The highest BCUT2D eigenvalue weighted by atomic mass is 32.2. The zero-order valence-electron chi connectivity index (χ0n) is 15.3. The van der Waals surface area contributed by atoms with Crippen molar-refractivity contribution in [2.75, 3.05) is 12.0 Å². The van der Waals surface area contributed by atoms with E-state index in [9.17, 15) is 18.0 Å². The van der Waals surface area contributed by atoms with Crippen molar-refractivity contribution in [2.24, 2.45) is 0 Å². The summed E-state index contributed by atoms with van der Waals surface area (Å²) >= 11 is 0. The van der Waals surface area contributed by atoms with Gasteiger partial charge in [0.2, 0.25) is 0 Å². The smallest absolute Gasteiger partial charge is 0.329 e. The maximum atomic E-state index is 12.4. The van der Waals surface area contributed by atoms with Gasteiger partial charge in [-0.1, -0.05) is 48.0 Å². The fraction of sp³-hybridized carbons (Fsp3) is 0.300. The molecule has 0 aliphatic heterocycles. The molecule has 2 aromatic carbocycles. The first-order valence-corrected chi connectivity index (χ1v) is 10.6.